The highest BCUT2D eigenvalue weighted by Crippen LogP contribution is 2.42. The van der Waals surface area contributed by atoms with E-state index in [9.17, 15) is 4.79 Å². The number of hydrogen-bond donors (Lipinski definition) is 0. The van der Waals surface area contributed by atoms with E-state index in [0.717, 1.165) is 6.42 Å². The van der Waals surface area contributed by atoms with Gasteiger partial charge in [-0.05, 0) is 25.8 Å². The van der Waals surface area contributed by atoms with Crippen molar-refractivity contribution in [1.82, 2.24) is 4.90 Å². The van der Waals surface area contributed by atoms with Crippen LogP contribution in [0.3, 0.4) is 0 Å². The Labute approximate surface area is 120 Å². The second-order valence-electron chi connectivity index (χ2n) is 5.58. The van der Waals surface area contributed by atoms with Crippen LogP contribution in [-0.4, -0.2) is 29.6 Å². The monoisotopic (exact) mass is 271 g/mol. The fourth-order valence-corrected chi connectivity index (χ4v) is 3.55. The molecule has 0 amide bonds. The third kappa shape index (κ3) is 2.16. The summed E-state index contributed by atoms with van der Waals surface area (Å²) < 4.78 is 5.28. The number of ether oxygens (including phenoxy) is 1. The molecule has 106 valence electrons. The molecule has 1 aliphatic carbocycles. The molecule has 20 heavy (non-hydrogen) atoms. The van der Waals surface area contributed by atoms with E-state index in [2.05, 4.69) is 48.2 Å². The van der Waals surface area contributed by atoms with Crippen LogP contribution < -0.4 is 0 Å². The smallest absolute Gasteiger partial charge is 0.323 e. The van der Waals surface area contributed by atoms with Gasteiger partial charge >= 0.3 is 5.97 Å². The number of fused-ring (bicyclic) bond motifs is 2. The number of benzene rings is 1. The van der Waals surface area contributed by atoms with Crippen molar-refractivity contribution in [2.75, 3.05) is 6.61 Å². The lowest BCUT2D eigenvalue weighted by Crippen LogP contribution is -2.46. The molecule has 0 radical (unpaired) electrons. The maximum absolute atomic E-state index is 12.3. The van der Waals surface area contributed by atoms with Crippen LogP contribution in [0.5, 0.6) is 0 Å². The van der Waals surface area contributed by atoms with Crippen molar-refractivity contribution in [3.63, 3.8) is 0 Å². The minimum atomic E-state index is -0.125. The molecule has 4 atom stereocenters. The highest BCUT2D eigenvalue weighted by molar-refractivity contribution is 5.77. The van der Waals surface area contributed by atoms with Gasteiger partial charge < -0.3 is 4.74 Å². The zero-order valence-corrected chi connectivity index (χ0v) is 12.0. The molecule has 0 aromatic heterocycles. The Morgan fingerprint density at radius 2 is 2.10 bits per heavy atom. The maximum atomic E-state index is 12.3. The molecule has 0 N–H and O–H groups in total. The number of likely N-dealkylation sites (tertiary alicyclic amines) is 1. The molecule has 2 aliphatic rings. The Morgan fingerprint density at radius 1 is 1.35 bits per heavy atom. The summed E-state index contributed by atoms with van der Waals surface area (Å²) in [5, 5.41) is 0. The fraction of sp³-hybridized carbons (Fsp3) is 0.471. The van der Waals surface area contributed by atoms with Crippen molar-refractivity contribution in [2.45, 2.75) is 38.4 Å². The van der Waals surface area contributed by atoms with Crippen molar-refractivity contribution in [2.24, 2.45) is 5.92 Å². The van der Waals surface area contributed by atoms with Gasteiger partial charge in [-0.3, -0.25) is 9.69 Å². The second-order valence-corrected chi connectivity index (χ2v) is 5.58. The average molecular weight is 271 g/mol. The van der Waals surface area contributed by atoms with E-state index >= 15 is 0 Å². The van der Waals surface area contributed by atoms with Gasteiger partial charge in [-0.25, -0.2) is 0 Å². The first kappa shape index (κ1) is 13.4. The first-order chi connectivity index (χ1) is 9.72. The van der Waals surface area contributed by atoms with Crippen LogP contribution in [0.15, 0.2) is 42.5 Å². The summed E-state index contributed by atoms with van der Waals surface area (Å²) in [6.07, 6.45) is 5.46. The molecule has 4 unspecified atom stereocenters. The quantitative estimate of drug-likeness (QED) is 0.623. The molecular weight excluding hydrogens is 250 g/mol. The number of hydrogen-bond acceptors (Lipinski definition) is 3. The number of carbonyl (C=O) groups excluding carboxylic acids is 1. The molecule has 1 aliphatic heterocycles. The maximum Gasteiger partial charge on any atom is 0.323 e. The SMILES string of the molecule is CCOC(=O)C1C2C=CC(C2)N1C(C)c1ccccc1. The summed E-state index contributed by atoms with van der Waals surface area (Å²) >= 11 is 0. The lowest BCUT2D eigenvalue weighted by Gasteiger charge is -2.36. The van der Waals surface area contributed by atoms with Crippen LogP contribution in [0.1, 0.15) is 31.9 Å². The van der Waals surface area contributed by atoms with E-state index in [1.807, 2.05) is 13.0 Å². The Hall–Kier alpha value is -1.61. The summed E-state index contributed by atoms with van der Waals surface area (Å²) in [5.74, 6) is 0.234. The van der Waals surface area contributed by atoms with E-state index in [1.54, 1.807) is 0 Å². The van der Waals surface area contributed by atoms with Gasteiger partial charge in [-0.1, -0.05) is 42.5 Å². The van der Waals surface area contributed by atoms with Crippen molar-refractivity contribution in [3.8, 4) is 0 Å². The molecule has 2 bridgehead atoms. The van der Waals surface area contributed by atoms with Crippen LogP contribution in [-0.2, 0) is 9.53 Å². The predicted molar refractivity (Wildman–Crippen MR) is 78.2 cm³/mol. The minimum Gasteiger partial charge on any atom is -0.465 e. The highest BCUT2D eigenvalue weighted by atomic mass is 16.5. The van der Waals surface area contributed by atoms with Gasteiger partial charge in [-0.2, -0.15) is 0 Å². The largest absolute Gasteiger partial charge is 0.465 e. The summed E-state index contributed by atoms with van der Waals surface area (Å²) in [7, 11) is 0. The van der Waals surface area contributed by atoms with E-state index in [0.29, 0.717) is 18.6 Å². The van der Waals surface area contributed by atoms with Crippen molar-refractivity contribution >= 4 is 5.97 Å². The molecule has 0 saturated carbocycles. The van der Waals surface area contributed by atoms with Gasteiger partial charge in [0.1, 0.15) is 6.04 Å². The molecule has 1 fully saturated rings. The molecule has 3 nitrogen and oxygen atoms in total. The number of esters is 1. The van der Waals surface area contributed by atoms with Gasteiger partial charge in [0.25, 0.3) is 0 Å². The molecule has 0 spiro atoms. The van der Waals surface area contributed by atoms with Crippen molar-refractivity contribution in [3.05, 3.63) is 48.0 Å². The Balaban J connectivity index is 1.87. The first-order valence-corrected chi connectivity index (χ1v) is 7.39. The molecule has 3 rings (SSSR count). The standard InChI is InChI=1S/C17H21NO2/c1-3-20-17(19)16-14-9-10-15(11-14)18(16)12(2)13-7-5-4-6-8-13/h4-10,12,14-16H,3,11H2,1-2H3. The number of nitrogens with zero attached hydrogens (tertiary/aromatic N) is 1. The summed E-state index contributed by atoms with van der Waals surface area (Å²) in [6.45, 7) is 4.49. The van der Waals surface area contributed by atoms with Crippen molar-refractivity contribution < 1.29 is 9.53 Å². The van der Waals surface area contributed by atoms with E-state index in [4.69, 9.17) is 4.74 Å². The Kier molecular flexibility index (Phi) is 3.62. The Morgan fingerprint density at radius 3 is 2.80 bits per heavy atom. The van der Waals surface area contributed by atoms with E-state index in [-0.39, 0.29) is 18.1 Å². The highest BCUT2D eigenvalue weighted by Gasteiger charge is 2.49. The van der Waals surface area contributed by atoms with Crippen LogP contribution in [0.2, 0.25) is 0 Å². The zero-order valence-electron chi connectivity index (χ0n) is 12.0. The molecule has 1 aromatic carbocycles. The lowest BCUT2D eigenvalue weighted by atomic mass is 9.99. The van der Waals surface area contributed by atoms with Gasteiger partial charge in [0.2, 0.25) is 0 Å². The predicted octanol–water partition coefficient (Wildman–Crippen LogP) is 2.94. The van der Waals surface area contributed by atoms with Crippen LogP contribution in [0, 0.1) is 5.92 Å². The third-order valence-electron chi connectivity index (χ3n) is 4.46. The molecule has 3 heteroatoms. The zero-order chi connectivity index (χ0) is 14.1. The summed E-state index contributed by atoms with van der Waals surface area (Å²) in [5.41, 5.74) is 1.25. The third-order valence-corrected chi connectivity index (χ3v) is 4.46. The molecule has 1 aromatic rings. The van der Waals surface area contributed by atoms with Crippen LogP contribution in [0.4, 0.5) is 0 Å². The number of rotatable bonds is 4. The van der Waals surface area contributed by atoms with Crippen molar-refractivity contribution in [1.29, 1.82) is 0 Å². The van der Waals surface area contributed by atoms with E-state index < -0.39 is 0 Å². The molecule has 1 heterocycles. The lowest BCUT2D eigenvalue weighted by molar-refractivity contribution is -0.150. The number of carbonyl (C=O) groups is 1. The van der Waals surface area contributed by atoms with E-state index in [1.165, 1.54) is 5.56 Å². The van der Waals surface area contributed by atoms with Crippen LogP contribution in [0.25, 0.3) is 0 Å². The summed E-state index contributed by atoms with van der Waals surface area (Å²) in [6, 6.07) is 10.8. The van der Waals surface area contributed by atoms with Gasteiger partial charge in [0.15, 0.2) is 0 Å². The molecule has 1 saturated heterocycles. The summed E-state index contributed by atoms with van der Waals surface area (Å²) in [4.78, 5) is 14.6. The second kappa shape index (κ2) is 5.41. The molecular formula is C17H21NO2. The normalized spacial score (nSPS) is 29.6. The minimum absolute atomic E-state index is 0.0767. The van der Waals surface area contributed by atoms with Gasteiger partial charge in [0.05, 0.1) is 6.61 Å². The topological polar surface area (TPSA) is 29.5 Å². The fourth-order valence-electron chi connectivity index (χ4n) is 3.55. The Bertz CT molecular complexity index is 511. The van der Waals surface area contributed by atoms with Crippen LogP contribution >= 0.6 is 0 Å². The van der Waals surface area contributed by atoms with Gasteiger partial charge in [-0.15, -0.1) is 0 Å². The average Bonchev–Trinajstić information content (AvgIpc) is 3.08. The van der Waals surface area contributed by atoms with Gasteiger partial charge in [0, 0.05) is 18.0 Å². The first-order valence-electron chi connectivity index (χ1n) is 7.39.